The largest absolute Gasteiger partial charge is 0.293 e. The fourth-order valence-corrected chi connectivity index (χ4v) is 1.26. The van der Waals surface area contributed by atoms with Gasteiger partial charge in [0.15, 0.2) is 0 Å². The van der Waals surface area contributed by atoms with Crippen LogP contribution >= 0.6 is 0 Å². The van der Waals surface area contributed by atoms with Crippen LogP contribution < -0.4 is 5.32 Å². The molecule has 2 rings (SSSR count). The summed E-state index contributed by atoms with van der Waals surface area (Å²) in [5.74, 6) is 0.000801. The second-order valence-electron chi connectivity index (χ2n) is 3.21. The molecule has 80 valence electrons. The van der Waals surface area contributed by atoms with Crippen LogP contribution in [0, 0.1) is 0 Å². The zero-order valence-corrected chi connectivity index (χ0v) is 8.71. The number of aromatic nitrogens is 3. The van der Waals surface area contributed by atoms with E-state index in [1.165, 1.54) is 6.92 Å². The van der Waals surface area contributed by atoms with Crippen molar-refractivity contribution in [1.29, 1.82) is 0 Å². The van der Waals surface area contributed by atoms with E-state index in [0.29, 0.717) is 5.69 Å². The highest BCUT2D eigenvalue weighted by Gasteiger charge is 2.03. The zero-order valence-electron chi connectivity index (χ0n) is 8.71. The summed E-state index contributed by atoms with van der Waals surface area (Å²) < 4.78 is 0. The van der Waals surface area contributed by atoms with Crippen molar-refractivity contribution in [3.05, 3.63) is 36.5 Å². The van der Waals surface area contributed by atoms with E-state index >= 15 is 0 Å². The third-order valence-electron chi connectivity index (χ3n) is 1.92. The number of hydrogen-bond acceptors (Lipinski definition) is 4. The maximum absolute atomic E-state index is 10.8. The van der Waals surface area contributed by atoms with Gasteiger partial charge >= 0.3 is 0 Å². The van der Waals surface area contributed by atoms with Crippen molar-refractivity contribution in [2.24, 2.45) is 0 Å². The van der Waals surface area contributed by atoms with Crippen LogP contribution in [0.2, 0.25) is 0 Å². The van der Waals surface area contributed by atoms with Crippen LogP contribution in [-0.4, -0.2) is 21.1 Å². The number of nitrogens with zero attached hydrogens (tertiary/aromatic N) is 3. The Morgan fingerprint density at radius 3 is 2.69 bits per heavy atom. The third-order valence-corrected chi connectivity index (χ3v) is 1.92. The average Bonchev–Trinajstić information content (AvgIpc) is 2.30. The van der Waals surface area contributed by atoms with Gasteiger partial charge in [-0.25, -0.2) is 4.98 Å². The molecule has 1 heterocycles. The third kappa shape index (κ3) is 2.38. The second kappa shape index (κ2) is 4.48. The molecular weight excluding hydrogens is 204 g/mol. The van der Waals surface area contributed by atoms with Gasteiger partial charge in [0.1, 0.15) is 0 Å². The minimum Gasteiger partial charge on any atom is -0.293 e. The maximum atomic E-state index is 10.8. The van der Waals surface area contributed by atoms with E-state index in [4.69, 9.17) is 0 Å². The van der Waals surface area contributed by atoms with Crippen molar-refractivity contribution in [2.45, 2.75) is 6.92 Å². The minimum absolute atomic E-state index is 0.216. The Bertz CT molecular complexity index is 498. The van der Waals surface area contributed by atoms with Gasteiger partial charge in [0.05, 0.1) is 11.9 Å². The number of rotatable bonds is 2. The van der Waals surface area contributed by atoms with Gasteiger partial charge in [-0.15, -0.1) is 5.10 Å². The zero-order chi connectivity index (χ0) is 11.4. The molecule has 0 saturated heterocycles. The molecule has 0 unspecified atom stereocenters. The van der Waals surface area contributed by atoms with Crippen LogP contribution in [0.4, 0.5) is 5.95 Å². The highest BCUT2D eigenvalue weighted by atomic mass is 16.1. The molecular formula is C11H10N4O. The first kappa shape index (κ1) is 10.2. The molecule has 5 nitrogen and oxygen atoms in total. The van der Waals surface area contributed by atoms with Crippen LogP contribution in [0.5, 0.6) is 0 Å². The lowest BCUT2D eigenvalue weighted by molar-refractivity contribution is -0.114. The number of carbonyl (C=O) groups excluding carboxylic acids is 1. The maximum Gasteiger partial charge on any atom is 0.249 e. The van der Waals surface area contributed by atoms with Crippen LogP contribution in [-0.2, 0) is 4.79 Å². The van der Waals surface area contributed by atoms with E-state index in [9.17, 15) is 4.79 Å². The molecule has 0 bridgehead atoms. The quantitative estimate of drug-likeness (QED) is 0.822. The first-order valence-electron chi connectivity index (χ1n) is 4.78. The first-order valence-corrected chi connectivity index (χ1v) is 4.78. The summed E-state index contributed by atoms with van der Waals surface area (Å²) in [6, 6.07) is 9.58. The van der Waals surface area contributed by atoms with Crippen molar-refractivity contribution in [1.82, 2.24) is 15.2 Å². The highest BCUT2D eigenvalue weighted by Crippen LogP contribution is 2.15. The van der Waals surface area contributed by atoms with E-state index in [0.717, 1.165) is 5.56 Å². The van der Waals surface area contributed by atoms with Crippen LogP contribution in [0.3, 0.4) is 0 Å². The van der Waals surface area contributed by atoms with E-state index in [1.807, 2.05) is 30.3 Å². The molecule has 1 aromatic carbocycles. The first-order chi connectivity index (χ1) is 7.75. The summed E-state index contributed by atoms with van der Waals surface area (Å²) in [6.07, 6.45) is 1.56. The predicted molar refractivity (Wildman–Crippen MR) is 59.6 cm³/mol. The molecule has 0 aliphatic rings. The van der Waals surface area contributed by atoms with Gasteiger partial charge < -0.3 is 0 Å². The number of anilines is 1. The summed E-state index contributed by atoms with van der Waals surface area (Å²) >= 11 is 0. The molecule has 16 heavy (non-hydrogen) atoms. The molecule has 0 atom stereocenters. The van der Waals surface area contributed by atoms with Crippen molar-refractivity contribution in [2.75, 3.05) is 5.32 Å². The van der Waals surface area contributed by atoms with Crippen LogP contribution in [0.25, 0.3) is 11.3 Å². The van der Waals surface area contributed by atoms with Crippen LogP contribution in [0.1, 0.15) is 6.92 Å². The molecule has 0 aliphatic heterocycles. The summed E-state index contributed by atoms with van der Waals surface area (Å²) in [4.78, 5) is 15.0. The molecule has 1 amide bonds. The van der Waals surface area contributed by atoms with Gasteiger partial charge in [0.2, 0.25) is 11.9 Å². The van der Waals surface area contributed by atoms with Gasteiger partial charge in [-0.05, 0) is 0 Å². The number of carbonyl (C=O) groups is 1. The van der Waals surface area contributed by atoms with Crippen molar-refractivity contribution in [3.8, 4) is 11.3 Å². The van der Waals surface area contributed by atoms with Gasteiger partial charge in [-0.3, -0.25) is 10.1 Å². The Kier molecular flexibility index (Phi) is 2.86. The summed E-state index contributed by atoms with van der Waals surface area (Å²) in [6.45, 7) is 1.40. The Morgan fingerprint density at radius 2 is 2.00 bits per heavy atom. The number of nitrogens with one attached hydrogen (secondary N) is 1. The Hall–Kier alpha value is -2.30. The van der Waals surface area contributed by atoms with E-state index in [-0.39, 0.29) is 11.9 Å². The van der Waals surface area contributed by atoms with E-state index in [1.54, 1.807) is 6.20 Å². The number of benzene rings is 1. The number of hydrogen-bond donors (Lipinski definition) is 1. The van der Waals surface area contributed by atoms with Gasteiger partial charge in [-0.1, -0.05) is 30.3 Å². The van der Waals surface area contributed by atoms with Crippen molar-refractivity contribution >= 4 is 11.9 Å². The molecule has 2 aromatic rings. The Morgan fingerprint density at radius 1 is 1.25 bits per heavy atom. The minimum atomic E-state index is -0.216. The molecule has 0 saturated carbocycles. The molecule has 5 heteroatoms. The molecule has 0 fully saturated rings. The van der Waals surface area contributed by atoms with E-state index < -0.39 is 0 Å². The van der Waals surface area contributed by atoms with Crippen molar-refractivity contribution in [3.63, 3.8) is 0 Å². The lowest BCUT2D eigenvalue weighted by Crippen LogP contribution is -2.10. The Balaban J connectivity index is 2.33. The lowest BCUT2D eigenvalue weighted by atomic mass is 10.2. The standard InChI is InChI=1S/C11H10N4O/c1-8(16)13-11-14-10(7-12-15-11)9-5-3-2-4-6-9/h2-7H,1H3,(H,13,14,15,16). The molecule has 0 radical (unpaired) electrons. The topological polar surface area (TPSA) is 67.8 Å². The molecule has 0 spiro atoms. The fourth-order valence-electron chi connectivity index (χ4n) is 1.26. The predicted octanol–water partition coefficient (Wildman–Crippen LogP) is 1.50. The van der Waals surface area contributed by atoms with Crippen LogP contribution in [0.15, 0.2) is 36.5 Å². The second-order valence-corrected chi connectivity index (χ2v) is 3.21. The lowest BCUT2D eigenvalue weighted by Gasteiger charge is -2.02. The molecule has 0 aliphatic carbocycles. The summed E-state index contributed by atoms with van der Waals surface area (Å²) in [5, 5.41) is 9.99. The van der Waals surface area contributed by atoms with Crippen molar-refractivity contribution < 1.29 is 4.79 Å². The van der Waals surface area contributed by atoms with E-state index in [2.05, 4.69) is 20.5 Å². The Labute approximate surface area is 92.6 Å². The highest BCUT2D eigenvalue weighted by molar-refractivity contribution is 5.86. The summed E-state index contributed by atoms with van der Waals surface area (Å²) in [5.41, 5.74) is 1.61. The summed E-state index contributed by atoms with van der Waals surface area (Å²) in [7, 11) is 0. The molecule has 1 N–H and O–H groups in total. The SMILES string of the molecule is CC(=O)Nc1nncc(-c2ccccc2)n1. The smallest absolute Gasteiger partial charge is 0.249 e. The molecule has 1 aromatic heterocycles. The average molecular weight is 214 g/mol. The fraction of sp³-hybridized carbons (Fsp3) is 0.0909. The van der Waals surface area contributed by atoms with Gasteiger partial charge in [0, 0.05) is 12.5 Å². The monoisotopic (exact) mass is 214 g/mol. The normalized spacial score (nSPS) is 9.81. The number of amides is 1. The van der Waals surface area contributed by atoms with Gasteiger partial charge in [0.25, 0.3) is 0 Å². The van der Waals surface area contributed by atoms with Gasteiger partial charge in [-0.2, -0.15) is 5.10 Å².